The van der Waals surface area contributed by atoms with Gasteiger partial charge in [-0.25, -0.2) is 0 Å². The van der Waals surface area contributed by atoms with E-state index in [1.807, 2.05) is 23.6 Å². The molecule has 3 aromatic carbocycles. The Balaban J connectivity index is 1.52. The van der Waals surface area contributed by atoms with Gasteiger partial charge in [0.05, 0.1) is 22.2 Å². The average Bonchev–Trinajstić information content (AvgIpc) is 3.23. The molecule has 0 saturated carbocycles. The number of amides is 2. The van der Waals surface area contributed by atoms with Crippen molar-refractivity contribution in [3.63, 3.8) is 0 Å². The lowest BCUT2D eigenvalue weighted by atomic mass is 10.0. The van der Waals surface area contributed by atoms with Crippen LogP contribution >= 0.6 is 39.3 Å². The minimum absolute atomic E-state index is 0.102. The standard InChI is InChI=1S/C25H23BrClN5O2S/c1-3-15-10-12-21(18-8-6-5-7-17(15)18)32-24(26)30-31-25(32)35-14-22(33)29-20-11-9-16(13-19(20)27)23(34)28-4-2/h5-13H,3-4,14H2,1-2H3,(H,28,34)(H,29,33). The summed E-state index contributed by atoms with van der Waals surface area (Å²) in [4.78, 5) is 24.6. The van der Waals surface area contributed by atoms with Crippen LogP contribution in [0.25, 0.3) is 16.5 Å². The number of thioether (sulfide) groups is 1. The zero-order chi connectivity index (χ0) is 24.9. The van der Waals surface area contributed by atoms with Crippen molar-refractivity contribution >= 4 is 67.6 Å². The fourth-order valence-electron chi connectivity index (χ4n) is 3.73. The SMILES string of the molecule is CCNC(=O)c1ccc(NC(=O)CSc2nnc(Br)n2-c2ccc(CC)c3ccccc23)c(Cl)c1. The zero-order valence-electron chi connectivity index (χ0n) is 19.1. The van der Waals surface area contributed by atoms with E-state index in [1.54, 1.807) is 12.1 Å². The summed E-state index contributed by atoms with van der Waals surface area (Å²) in [6, 6.07) is 17.2. The lowest BCUT2D eigenvalue weighted by molar-refractivity contribution is -0.113. The summed E-state index contributed by atoms with van der Waals surface area (Å²) >= 11 is 11.1. The maximum absolute atomic E-state index is 12.7. The molecule has 7 nitrogen and oxygen atoms in total. The molecule has 0 aliphatic carbocycles. The fraction of sp³-hybridized carbons (Fsp3) is 0.200. The summed E-state index contributed by atoms with van der Waals surface area (Å²) in [5.41, 5.74) is 3.07. The second-order valence-corrected chi connectivity index (χ2v) is 9.68. The number of carbonyl (C=O) groups excluding carboxylic acids is 2. The molecule has 10 heteroatoms. The van der Waals surface area contributed by atoms with Crippen LogP contribution in [0.4, 0.5) is 5.69 Å². The smallest absolute Gasteiger partial charge is 0.251 e. The summed E-state index contributed by atoms with van der Waals surface area (Å²) in [6.45, 7) is 4.50. The van der Waals surface area contributed by atoms with Crippen LogP contribution in [-0.4, -0.2) is 38.9 Å². The first-order chi connectivity index (χ1) is 16.9. The van der Waals surface area contributed by atoms with Gasteiger partial charge in [0.25, 0.3) is 5.91 Å². The predicted octanol–water partition coefficient (Wildman–Crippen LogP) is 5.88. The number of anilines is 1. The highest BCUT2D eigenvalue weighted by molar-refractivity contribution is 9.10. The third-order valence-electron chi connectivity index (χ3n) is 5.38. The van der Waals surface area contributed by atoms with Gasteiger partial charge in [-0.15, -0.1) is 10.2 Å². The van der Waals surface area contributed by atoms with Crippen molar-refractivity contribution in [1.82, 2.24) is 20.1 Å². The van der Waals surface area contributed by atoms with E-state index in [1.165, 1.54) is 28.8 Å². The second kappa shape index (κ2) is 11.2. The van der Waals surface area contributed by atoms with Crippen molar-refractivity contribution in [2.24, 2.45) is 0 Å². The number of nitrogens with zero attached hydrogens (tertiary/aromatic N) is 3. The second-order valence-electron chi connectivity index (χ2n) is 7.62. The molecule has 4 rings (SSSR count). The number of aryl methyl sites for hydroxylation is 1. The van der Waals surface area contributed by atoms with Gasteiger partial charge >= 0.3 is 0 Å². The van der Waals surface area contributed by atoms with E-state index in [0.717, 1.165) is 17.5 Å². The van der Waals surface area contributed by atoms with Crippen LogP contribution in [0.15, 0.2) is 64.5 Å². The molecule has 0 radical (unpaired) electrons. The largest absolute Gasteiger partial charge is 0.352 e. The Kier molecular flexibility index (Phi) is 8.10. The highest BCUT2D eigenvalue weighted by Gasteiger charge is 2.18. The monoisotopic (exact) mass is 571 g/mol. The van der Waals surface area contributed by atoms with Gasteiger partial charge < -0.3 is 10.6 Å². The molecule has 0 bridgehead atoms. The molecule has 35 heavy (non-hydrogen) atoms. The number of aromatic nitrogens is 3. The van der Waals surface area contributed by atoms with Crippen molar-refractivity contribution in [3.05, 3.63) is 75.5 Å². The average molecular weight is 573 g/mol. The number of rotatable bonds is 8. The zero-order valence-corrected chi connectivity index (χ0v) is 22.3. The normalized spacial score (nSPS) is 11.0. The number of nitrogens with one attached hydrogen (secondary N) is 2. The summed E-state index contributed by atoms with van der Waals surface area (Å²) in [5.74, 6) is -0.364. The van der Waals surface area contributed by atoms with E-state index in [-0.39, 0.29) is 17.6 Å². The Bertz CT molecular complexity index is 1410. The molecule has 0 unspecified atom stereocenters. The van der Waals surface area contributed by atoms with Crippen molar-refractivity contribution in [3.8, 4) is 5.69 Å². The third-order valence-corrected chi connectivity index (χ3v) is 7.14. The van der Waals surface area contributed by atoms with Crippen LogP contribution in [0.5, 0.6) is 0 Å². The summed E-state index contributed by atoms with van der Waals surface area (Å²) in [5, 5.41) is 17.1. The topological polar surface area (TPSA) is 88.9 Å². The van der Waals surface area contributed by atoms with Gasteiger partial charge in [0.2, 0.25) is 10.6 Å². The molecule has 0 aliphatic heterocycles. The van der Waals surface area contributed by atoms with E-state index >= 15 is 0 Å². The number of halogens is 2. The van der Waals surface area contributed by atoms with Crippen LogP contribution in [0, 0.1) is 0 Å². The van der Waals surface area contributed by atoms with E-state index < -0.39 is 0 Å². The molecule has 1 heterocycles. The molecule has 0 spiro atoms. The number of carbonyl (C=O) groups is 2. The minimum atomic E-state index is -0.250. The highest BCUT2D eigenvalue weighted by atomic mass is 79.9. The number of hydrogen-bond acceptors (Lipinski definition) is 5. The predicted molar refractivity (Wildman–Crippen MR) is 145 cm³/mol. The minimum Gasteiger partial charge on any atom is -0.352 e. The van der Waals surface area contributed by atoms with Gasteiger partial charge in [-0.2, -0.15) is 0 Å². The fourth-order valence-corrected chi connectivity index (χ4v) is 5.26. The van der Waals surface area contributed by atoms with Crippen LogP contribution in [0.1, 0.15) is 29.8 Å². The van der Waals surface area contributed by atoms with Crippen molar-refractivity contribution < 1.29 is 9.59 Å². The van der Waals surface area contributed by atoms with E-state index in [2.05, 4.69) is 68.0 Å². The molecular formula is C25H23BrClN5O2S. The molecular weight excluding hydrogens is 550 g/mol. The van der Waals surface area contributed by atoms with Gasteiger partial charge in [-0.1, -0.05) is 60.6 Å². The number of benzene rings is 3. The first-order valence-corrected chi connectivity index (χ1v) is 13.2. The molecule has 1 aromatic heterocycles. The number of fused-ring (bicyclic) bond motifs is 1. The Hall–Kier alpha value is -2.88. The van der Waals surface area contributed by atoms with Crippen molar-refractivity contribution in [1.29, 1.82) is 0 Å². The third kappa shape index (κ3) is 5.52. The molecule has 2 amide bonds. The summed E-state index contributed by atoms with van der Waals surface area (Å²) in [7, 11) is 0. The van der Waals surface area contributed by atoms with Crippen molar-refractivity contribution in [2.75, 3.05) is 17.6 Å². The van der Waals surface area contributed by atoms with Crippen LogP contribution in [-0.2, 0) is 11.2 Å². The van der Waals surface area contributed by atoms with E-state index in [4.69, 9.17) is 11.6 Å². The molecule has 180 valence electrons. The molecule has 2 N–H and O–H groups in total. The molecule has 0 aliphatic rings. The molecule has 4 aromatic rings. The van der Waals surface area contributed by atoms with Gasteiger partial charge in [0.15, 0.2) is 5.16 Å². The lowest BCUT2D eigenvalue weighted by Crippen LogP contribution is -2.22. The quantitative estimate of drug-likeness (QED) is 0.258. The van der Waals surface area contributed by atoms with Crippen LogP contribution in [0.2, 0.25) is 5.02 Å². The first-order valence-electron chi connectivity index (χ1n) is 11.0. The maximum Gasteiger partial charge on any atom is 0.251 e. The van der Waals surface area contributed by atoms with Gasteiger partial charge in [0, 0.05) is 17.5 Å². The Morgan fingerprint density at radius 1 is 1.06 bits per heavy atom. The summed E-state index contributed by atoms with van der Waals surface area (Å²) < 4.78 is 2.45. The first kappa shape index (κ1) is 25.2. The Labute approximate surface area is 220 Å². The summed E-state index contributed by atoms with van der Waals surface area (Å²) in [6.07, 6.45) is 0.929. The highest BCUT2D eigenvalue weighted by Crippen LogP contribution is 2.32. The van der Waals surface area contributed by atoms with Crippen LogP contribution < -0.4 is 10.6 Å². The molecule has 0 atom stereocenters. The van der Waals surface area contributed by atoms with Gasteiger partial charge in [0.1, 0.15) is 0 Å². The van der Waals surface area contributed by atoms with E-state index in [0.29, 0.717) is 32.7 Å². The van der Waals surface area contributed by atoms with Gasteiger partial charge in [-0.05, 0) is 64.5 Å². The molecule has 0 saturated heterocycles. The Morgan fingerprint density at radius 2 is 1.83 bits per heavy atom. The number of hydrogen-bond donors (Lipinski definition) is 2. The Morgan fingerprint density at radius 3 is 2.54 bits per heavy atom. The van der Waals surface area contributed by atoms with E-state index in [9.17, 15) is 9.59 Å². The van der Waals surface area contributed by atoms with Crippen molar-refractivity contribution in [2.45, 2.75) is 25.4 Å². The van der Waals surface area contributed by atoms with Gasteiger partial charge in [-0.3, -0.25) is 14.2 Å². The maximum atomic E-state index is 12.7. The van der Waals surface area contributed by atoms with Crippen LogP contribution in [0.3, 0.4) is 0 Å². The lowest BCUT2D eigenvalue weighted by Gasteiger charge is -2.13. The molecule has 0 fully saturated rings.